The van der Waals surface area contributed by atoms with Gasteiger partial charge in [0.1, 0.15) is 0 Å². The zero-order valence-corrected chi connectivity index (χ0v) is 9.36. The lowest BCUT2D eigenvalue weighted by molar-refractivity contribution is 0.0697. The fourth-order valence-electron chi connectivity index (χ4n) is 1.01. The van der Waals surface area contributed by atoms with Crippen molar-refractivity contribution in [2.45, 2.75) is 19.8 Å². The molecule has 0 fully saturated rings. The van der Waals surface area contributed by atoms with Crippen LogP contribution in [-0.4, -0.2) is 11.1 Å². The molecule has 1 N–H and O–H groups in total. The van der Waals surface area contributed by atoms with Crippen LogP contribution in [0.5, 0.6) is 0 Å². The summed E-state index contributed by atoms with van der Waals surface area (Å²) in [6.07, 6.45) is 0. The van der Waals surface area contributed by atoms with E-state index in [1.54, 1.807) is 12.1 Å². The fourth-order valence-corrected chi connectivity index (χ4v) is 1.01. The van der Waals surface area contributed by atoms with E-state index in [9.17, 15) is 4.79 Å². The van der Waals surface area contributed by atoms with Crippen molar-refractivity contribution >= 4 is 15.9 Å². The Labute approximate surface area is 81.6 Å². The van der Waals surface area contributed by atoms with Crippen LogP contribution in [0.4, 0.5) is 0 Å². The van der Waals surface area contributed by atoms with Gasteiger partial charge in [0.05, 0.1) is 5.56 Å². The van der Waals surface area contributed by atoms with Crippen LogP contribution < -0.4 is 0 Å². The molecule has 0 aliphatic carbocycles. The molecule has 0 aliphatic heterocycles. The molecule has 0 heterocycles. The van der Waals surface area contributed by atoms with Gasteiger partial charge in [-0.1, -0.05) is 26.0 Å². The van der Waals surface area contributed by atoms with Gasteiger partial charge in [0, 0.05) is 0 Å². The van der Waals surface area contributed by atoms with Crippen molar-refractivity contribution < 1.29 is 9.90 Å². The number of rotatable bonds is 2. The van der Waals surface area contributed by atoms with Gasteiger partial charge in [0.2, 0.25) is 0 Å². The first-order chi connectivity index (χ1) is 5.61. The lowest BCUT2D eigenvalue weighted by Gasteiger charge is -2.04. The van der Waals surface area contributed by atoms with Gasteiger partial charge in [-0.05, 0) is 23.6 Å². The first-order valence-electron chi connectivity index (χ1n) is 3.94. The highest BCUT2D eigenvalue weighted by Gasteiger charge is 2.02. The van der Waals surface area contributed by atoms with Gasteiger partial charge < -0.3 is 5.11 Å². The van der Waals surface area contributed by atoms with Crippen LogP contribution in [0.25, 0.3) is 0 Å². The second kappa shape index (κ2) is 4.98. The quantitative estimate of drug-likeness (QED) is 0.741. The third-order valence-electron chi connectivity index (χ3n) is 1.82. The van der Waals surface area contributed by atoms with Crippen LogP contribution in [0.15, 0.2) is 24.3 Å². The molecule has 1 unspecified atom stereocenters. The molecule has 0 bridgehead atoms. The molecule has 2 nitrogen and oxygen atoms in total. The van der Waals surface area contributed by atoms with E-state index < -0.39 is 5.97 Å². The van der Waals surface area contributed by atoms with Crippen molar-refractivity contribution in [1.29, 1.82) is 0 Å². The standard InChI is InChI=1S/C10H12O2.H3P/c1-7(2)8-3-5-9(6-4-8)10(11)12;/h3-7H,1-2H3,(H,11,12);1H3. The second-order valence-electron chi connectivity index (χ2n) is 3.08. The predicted molar refractivity (Wildman–Crippen MR) is 58.6 cm³/mol. The van der Waals surface area contributed by atoms with Crippen molar-refractivity contribution in [3.8, 4) is 0 Å². The average Bonchev–Trinajstić information content (AvgIpc) is 2.04. The van der Waals surface area contributed by atoms with E-state index >= 15 is 0 Å². The molecule has 0 saturated heterocycles. The van der Waals surface area contributed by atoms with Crippen LogP contribution >= 0.6 is 9.90 Å². The Kier molecular flexibility index (Phi) is 4.64. The van der Waals surface area contributed by atoms with Gasteiger partial charge >= 0.3 is 5.97 Å². The summed E-state index contributed by atoms with van der Waals surface area (Å²) in [5.41, 5.74) is 1.51. The Bertz CT molecular complexity index is 277. The summed E-state index contributed by atoms with van der Waals surface area (Å²) in [4.78, 5) is 10.5. The molecule has 0 radical (unpaired) electrons. The molecule has 1 aromatic rings. The van der Waals surface area contributed by atoms with Gasteiger partial charge in [-0.3, -0.25) is 0 Å². The SMILES string of the molecule is CC(C)c1ccc(C(=O)O)cc1.P. The number of hydrogen-bond donors (Lipinski definition) is 1. The Hall–Kier alpha value is -0.880. The molecule has 72 valence electrons. The van der Waals surface area contributed by atoms with Crippen LogP contribution in [0.3, 0.4) is 0 Å². The highest BCUT2D eigenvalue weighted by Crippen LogP contribution is 2.14. The molecular weight excluding hydrogens is 183 g/mol. The molecule has 0 spiro atoms. The van der Waals surface area contributed by atoms with E-state index in [-0.39, 0.29) is 9.90 Å². The number of hydrogen-bond acceptors (Lipinski definition) is 1. The second-order valence-corrected chi connectivity index (χ2v) is 3.08. The smallest absolute Gasteiger partial charge is 0.335 e. The Morgan fingerprint density at radius 2 is 1.69 bits per heavy atom. The monoisotopic (exact) mass is 198 g/mol. The molecule has 3 heteroatoms. The van der Waals surface area contributed by atoms with Gasteiger partial charge in [-0.25, -0.2) is 4.79 Å². The van der Waals surface area contributed by atoms with Gasteiger partial charge in [-0.2, -0.15) is 9.90 Å². The van der Waals surface area contributed by atoms with Crippen molar-refractivity contribution in [3.63, 3.8) is 0 Å². The molecule has 1 aromatic carbocycles. The van der Waals surface area contributed by atoms with Crippen molar-refractivity contribution in [1.82, 2.24) is 0 Å². The summed E-state index contributed by atoms with van der Waals surface area (Å²) in [5.74, 6) is -0.418. The summed E-state index contributed by atoms with van der Waals surface area (Å²) in [5, 5.41) is 8.61. The highest BCUT2D eigenvalue weighted by atomic mass is 31.0. The maximum atomic E-state index is 10.5. The first-order valence-corrected chi connectivity index (χ1v) is 3.94. The maximum absolute atomic E-state index is 10.5. The van der Waals surface area contributed by atoms with Gasteiger partial charge in [-0.15, -0.1) is 0 Å². The molecule has 1 atom stereocenters. The van der Waals surface area contributed by atoms with E-state index in [1.165, 1.54) is 5.56 Å². The largest absolute Gasteiger partial charge is 0.478 e. The highest BCUT2D eigenvalue weighted by molar-refractivity contribution is 6.92. The molecule has 0 aliphatic rings. The van der Waals surface area contributed by atoms with Crippen molar-refractivity contribution in [3.05, 3.63) is 35.4 Å². The van der Waals surface area contributed by atoms with Crippen LogP contribution in [-0.2, 0) is 0 Å². The van der Waals surface area contributed by atoms with Crippen LogP contribution in [0, 0.1) is 0 Å². The predicted octanol–water partition coefficient (Wildman–Crippen LogP) is 2.57. The van der Waals surface area contributed by atoms with E-state index in [4.69, 9.17) is 5.11 Å². The van der Waals surface area contributed by atoms with Gasteiger partial charge in [0.15, 0.2) is 0 Å². The summed E-state index contributed by atoms with van der Waals surface area (Å²) in [7, 11) is 0. The molecular formula is C10H15O2P. The summed E-state index contributed by atoms with van der Waals surface area (Å²) in [6, 6.07) is 6.98. The molecule has 0 aromatic heterocycles. The third-order valence-corrected chi connectivity index (χ3v) is 1.82. The van der Waals surface area contributed by atoms with Crippen LogP contribution in [0.2, 0.25) is 0 Å². The third kappa shape index (κ3) is 3.16. The molecule has 0 saturated carbocycles. The summed E-state index contributed by atoms with van der Waals surface area (Å²) in [6.45, 7) is 4.16. The molecule has 1 rings (SSSR count). The van der Waals surface area contributed by atoms with E-state index in [1.807, 2.05) is 12.1 Å². The lowest BCUT2D eigenvalue weighted by atomic mass is 10.0. The number of carbonyl (C=O) groups is 1. The van der Waals surface area contributed by atoms with Crippen molar-refractivity contribution in [2.75, 3.05) is 0 Å². The minimum atomic E-state index is -0.870. The maximum Gasteiger partial charge on any atom is 0.335 e. The van der Waals surface area contributed by atoms with Gasteiger partial charge in [0.25, 0.3) is 0 Å². The number of benzene rings is 1. The fraction of sp³-hybridized carbons (Fsp3) is 0.300. The number of carboxylic acid groups (broad SMARTS) is 1. The Morgan fingerprint density at radius 3 is 2.00 bits per heavy atom. The first kappa shape index (κ1) is 12.1. The number of aromatic carboxylic acids is 1. The minimum absolute atomic E-state index is 0. The van der Waals surface area contributed by atoms with Crippen molar-refractivity contribution in [2.24, 2.45) is 0 Å². The minimum Gasteiger partial charge on any atom is -0.478 e. The Morgan fingerprint density at radius 1 is 1.23 bits per heavy atom. The van der Waals surface area contributed by atoms with E-state index in [0.29, 0.717) is 11.5 Å². The lowest BCUT2D eigenvalue weighted by Crippen LogP contribution is -1.96. The topological polar surface area (TPSA) is 37.3 Å². The Balaban J connectivity index is 0.00000144. The number of carboxylic acids is 1. The summed E-state index contributed by atoms with van der Waals surface area (Å²) >= 11 is 0. The van der Waals surface area contributed by atoms with Crippen LogP contribution in [0.1, 0.15) is 35.7 Å². The molecule has 13 heavy (non-hydrogen) atoms. The van der Waals surface area contributed by atoms with E-state index in [0.717, 1.165) is 0 Å². The zero-order chi connectivity index (χ0) is 9.14. The average molecular weight is 198 g/mol. The molecule has 0 amide bonds. The van der Waals surface area contributed by atoms with E-state index in [2.05, 4.69) is 13.8 Å². The zero-order valence-electron chi connectivity index (χ0n) is 7.95. The normalized spacial score (nSPS) is 9.46. The summed E-state index contributed by atoms with van der Waals surface area (Å²) < 4.78 is 0.